The summed E-state index contributed by atoms with van der Waals surface area (Å²) in [5, 5.41) is 10.7. The molecule has 0 radical (unpaired) electrons. The summed E-state index contributed by atoms with van der Waals surface area (Å²) < 4.78 is 0. The van der Waals surface area contributed by atoms with Crippen molar-refractivity contribution >= 4 is 5.78 Å². The molecule has 2 heteroatoms. The molecule has 2 atom stereocenters. The van der Waals surface area contributed by atoms with Crippen molar-refractivity contribution in [1.29, 1.82) is 0 Å². The summed E-state index contributed by atoms with van der Waals surface area (Å²) in [4.78, 5) is 11.9. The lowest BCUT2D eigenvalue weighted by Gasteiger charge is -2.31. The Morgan fingerprint density at radius 2 is 2.07 bits per heavy atom. The van der Waals surface area contributed by atoms with Gasteiger partial charge in [-0.2, -0.15) is 0 Å². The molecule has 15 heavy (non-hydrogen) atoms. The summed E-state index contributed by atoms with van der Waals surface area (Å²) in [7, 11) is 0. The first-order valence-electron chi connectivity index (χ1n) is 5.42. The molecule has 0 saturated heterocycles. The lowest BCUT2D eigenvalue weighted by molar-refractivity contribution is -0.133. The molecule has 3 rings (SSSR count). The molecule has 2 aliphatic carbocycles. The Bertz CT molecular complexity index is 452. The predicted octanol–water partition coefficient (Wildman–Crippen LogP) is 1.80. The van der Waals surface area contributed by atoms with Gasteiger partial charge in [0, 0.05) is 6.42 Å². The van der Waals surface area contributed by atoms with Crippen molar-refractivity contribution < 1.29 is 9.90 Å². The number of hydrogen-bond donors (Lipinski definition) is 1. The van der Waals surface area contributed by atoms with Crippen molar-refractivity contribution in [3.63, 3.8) is 0 Å². The Morgan fingerprint density at radius 1 is 1.33 bits per heavy atom. The summed E-state index contributed by atoms with van der Waals surface area (Å²) in [6.07, 6.45) is 1.79. The first kappa shape index (κ1) is 9.10. The van der Waals surface area contributed by atoms with Gasteiger partial charge in [-0.15, -0.1) is 0 Å². The van der Waals surface area contributed by atoms with Crippen molar-refractivity contribution in [3.05, 3.63) is 35.4 Å². The molecule has 0 amide bonds. The van der Waals surface area contributed by atoms with Gasteiger partial charge in [-0.05, 0) is 30.9 Å². The minimum Gasteiger partial charge on any atom is -0.384 e. The number of ketones is 1. The van der Waals surface area contributed by atoms with E-state index in [2.05, 4.69) is 0 Å². The number of rotatable bonds is 0. The number of fused-ring (bicyclic) bond motifs is 3. The van der Waals surface area contributed by atoms with E-state index in [4.69, 9.17) is 0 Å². The van der Waals surface area contributed by atoms with E-state index >= 15 is 0 Å². The molecule has 2 nitrogen and oxygen atoms in total. The molecule has 78 valence electrons. The molecule has 0 heterocycles. The highest BCUT2D eigenvalue weighted by Gasteiger charge is 2.61. The van der Waals surface area contributed by atoms with Crippen LogP contribution in [-0.4, -0.2) is 10.9 Å². The average Bonchev–Trinajstić information content (AvgIpc) is 2.58. The molecule has 0 unspecified atom stereocenters. The van der Waals surface area contributed by atoms with E-state index < -0.39 is 11.0 Å². The van der Waals surface area contributed by atoms with Gasteiger partial charge < -0.3 is 5.11 Å². The van der Waals surface area contributed by atoms with Crippen LogP contribution >= 0.6 is 0 Å². The zero-order chi connectivity index (χ0) is 10.7. The minimum absolute atomic E-state index is 0.209. The maximum Gasteiger partial charge on any atom is 0.142 e. The third-order valence-corrected chi connectivity index (χ3v) is 4.25. The second kappa shape index (κ2) is 2.50. The fraction of sp³-hybridized carbons (Fsp3) is 0.462. The summed E-state index contributed by atoms with van der Waals surface area (Å²) in [6.45, 7) is 1.91. The second-order valence-electron chi connectivity index (χ2n) is 4.95. The van der Waals surface area contributed by atoms with Crippen LogP contribution in [-0.2, 0) is 16.8 Å². The highest BCUT2D eigenvalue weighted by molar-refractivity contribution is 5.90. The molecular weight excluding hydrogens is 188 g/mol. The molecule has 2 aliphatic rings. The predicted molar refractivity (Wildman–Crippen MR) is 56.4 cm³/mol. The highest BCUT2D eigenvalue weighted by Crippen LogP contribution is 2.57. The molecule has 1 N–H and O–H groups in total. The van der Waals surface area contributed by atoms with Gasteiger partial charge in [0.25, 0.3) is 0 Å². The van der Waals surface area contributed by atoms with Crippen LogP contribution in [0.3, 0.4) is 0 Å². The fourth-order valence-corrected chi connectivity index (χ4v) is 3.21. The number of aliphatic hydroxyl groups is 1. The Labute approximate surface area is 88.9 Å². The smallest absolute Gasteiger partial charge is 0.142 e. The summed E-state index contributed by atoms with van der Waals surface area (Å²) >= 11 is 0. The summed E-state index contributed by atoms with van der Waals surface area (Å²) in [6, 6.07) is 7.88. The monoisotopic (exact) mass is 202 g/mol. The zero-order valence-electron chi connectivity index (χ0n) is 8.79. The van der Waals surface area contributed by atoms with Crippen LogP contribution in [0.15, 0.2) is 24.3 Å². The van der Waals surface area contributed by atoms with Gasteiger partial charge in [-0.3, -0.25) is 4.79 Å². The van der Waals surface area contributed by atoms with Gasteiger partial charge in [-0.1, -0.05) is 24.3 Å². The zero-order valence-corrected chi connectivity index (χ0v) is 8.79. The van der Waals surface area contributed by atoms with E-state index in [9.17, 15) is 9.90 Å². The van der Waals surface area contributed by atoms with E-state index in [1.165, 1.54) is 0 Å². The van der Waals surface area contributed by atoms with E-state index in [1.807, 2.05) is 31.2 Å². The van der Waals surface area contributed by atoms with Crippen molar-refractivity contribution in [2.75, 3.05) is 0 Å². The van der Waals surface area contributed by atoms with Gasteiger partial charge in [0.15, 0.2) is 0 Å². The van der Waals surface area contributed by atoms with Gasteiger partial charge in [0.2, 0.25) is 0 Å². The topological polar surface area (TPSA) is 37.3 Å². The average molecular weight is 202 g/mol. The molecule has 0 bridgehead atoms. The van der Waals surface area contributed by atoms with Crippen LogP contribution in [0.2, 0.25) is 0 Å². The first-order valence-corrected chi connectivity index (χ1v) is 5.42. The minimum atomic E-state index is -0.902. The number of carbonyl (C=O) groups is 1. The normalized spacial score (nSPS) is 37.9. The molecule has 1 aromatic carbocycles. The van der Waals surface area contributed by atoms with Crippen LogP contribution in [0.1, 0.15) is 30.9 Å². The van der Waals surface area contributed by atoms with Crippen LogP contribution in [0.25, 0.3) is 0 Å². The number of benzene rings is 1. The summed E-state index contributed by atoms with van der Waals surface area (Å²) in [5.74, 6) is 0.209. The Kier molecular flexibility index (Phi) is 1.52. The highest BCUT2D eigenvalue weighted by atomic mass is 16.3. The Hall–Kier alpha value is -1.15. The molecule has 0 spiro atoms. The lowest BCUT2D eigenvalue weighted by Crippen LogP contribution is -2.39. The van der Waals surface area contributed by atoms with Gasteiger partial charge in [-0.25, -0.2) is 0 Å². The maximum absolute atomic E-state index is 11.9. The van der Waals surface area contributed by atoms with Crippen LogP contribution in [0, 0.1) is 5.41 Å². The van der Waals surface area contributed by atoms with Crippen LogP contribution in [0.5, 0.6) is 0 Å². The maximum atomic E-state index is 11.9. The van der Waals surface area contributed by atoms with E-state index in [1.54, 1.807) is 0 Å². The van der Waals surface area contributed by atoms with Crippen molar-refractivity contribution in [2.24, 2.45) is 5.41 Å². The Morgan fingerprint density at radius 3 is 2.87 bits per heavy atom. The number of hydrogen-bond acceptors (Lipinski definition) is 2. The molecule has 1 fully saturated rings. The molecular formula is C13H14O2. The molecule has 0 aromatic heterocycles. The molecule has 0 aliphatic heterocycles. The Balaban J connectivity index is 2.25. The number of carbonyl (C=O) groups excluding carboxylic acids is 1. The van der Waals surface area contributed by atoms with E-state index in [0.717, 1.165) is 11.1 Å². The van der Waals surface area contributed by atoms with Crippen molar-refractivity contribution in [1.82, 2.24) is 0 Å². The lowest BCUT2D eigenvalue weighted by atomic mass is 9.76. The largest absolute Gasteiger partial charge is 0.384 e. The first-order chi connectivity index (χ1) is 7.08. The second-order valence-corrected chi connectivity index (χ2v) is 4.95. The molecule has 1 aromatic rings. The van der Waals surface area contributed by atoms with Crippen molar-refractivity contribution in [2.45, 2.75) is 31.8 Å². The third kappa shape index (κ3) is 0.864. The number of Topliss-reactive ketones (excluding diaryl/α,β-unsaturated/α-hetero) is 1. The quantitative estimate of drug-likeness (QED) is 0.696. The summed E-state index contributed by atoms with van der Waals surface area (Å²) in [5.41, 5.74) is 0.631. The van der Waals surface area contributed by atoms with Crippen molar-refractivity contribution in [3.8, 4) is 0 Å². The van der Waals surface area contributed by atoms with E-state index in [0.29, 0.717) is 19.3 Å². The van der Waals surface area contributed by atoms with E-state index in [-0.39, 0.29) is 5.78 Å². The SMILES string of the molecule is C[C@]12Cc3ccccc3[C@@]1(O)CCC2=O. The van der Waals surface area contributed by atoms with Gasteiger partial charge >= 0.3 is 0 Å². The fourth-order valence-electron chi connectivity index (χ4n) is 3.21. The standard InChI is InChI=1S/C13H14O2/c1-12-8-9-4-2-3-5-10(9)13(12,15)7-6-11(12)14/h2-5,15H,6-8H2,1H3/t12-,13+/m1/s1. The van der Waals surface area contributed by atoms with Gasteiger partial charge in [0.05, 0.1) is 5.41 Å². The van der Waals surface area contributed by atoms with Gasteiger partial charge in [0.1, 0.15) is 11.4 Å². The third-order valence-electron chi connectivity index (χ3n) is 4.25. The molecule has 1 saturated carbocycles. The van der Waals surface area contributed by atoms with Crippen LogP contribution < -0.4 is 0 Å². The van der Waals surface area contributed by atoms with Crippen LogP contribution in [0.4, 0.5) is 0 Å².